The third-order valence-corrected chi connectivity index (χ3v) is 4.20. The first-order valence-electron chi connectivity index (χ1n) is 5.65. The lowest BCUT2D eigenvalue weighted by Crippen LogP contribution is -2.38. The van der Waals surface area contributed by atoms with Gasteiger partial charge in [0, 0.05) is 18.0 Å². The Morgan fingerprint density at radius 3 is 3.12 bits per heavy atom. The molecule has 1 unspecified atom stereocenters. The monoisotopic (exact) mass is 239 g/mol. The van der Waals surface area contributed by atoms with E-state index in [0.29, 0.717) is 6.54 Å². The minimum atomic E-state index is -0.646. The average Bonchev–Trinajstić information content (AvgIpc) is 2.65. The first kappa shape index (κ1) is 11.6. The van der Waals surface area contributed by atoms with Gasteiger partial charge in [0.25, 0.3) is 0 Å². The van der Waals surface area contributed by atoms with Crippen molar-refractivity contribution < 1.29 is 9.90 Å². The molecule has 0 bridgehead atoms. The Bertz CT molecular complexity index is 375. The molecule has 1 saturated heterocycles. The highest BCUT2D eigenvalue weighted by Gasteiger charge is 2.25. The number of thiophene rings is 1. The van der Waals surface area contributed by atoms with E-state index in [9.17, 15) is 4.79 Å². The van der Waals surface area contributed by atoms with E-state index in [2.05, 4.69) is 23.3 Å². The third kappa shape index (κ3) is 2.62. The molecule has 1 aromatic heterocycles. The number of carbonyl (C=O) groups is 1. The smallest absolute Gasteiger partial charge is 0.307 e. The molecular formula is C12H17NO2S. The van der Waals surface area contributed by atoms with Crippen LogP contribution in [0, 0.1) is 12.8 Å². The topological polar surface area (TPSA) is 40.5 Å². The van der Waals surface area contributed by atoms with Crippen molar-refractivity contribution in [1.29, 1.82) is 0 Å². The van der Waals surface area contributed by atoms with Crippen molar-refractivity contribution in [2.75, 3.05) is 13.1 Å². The second-order valence-electron chi connectivity index (χ2n) is 4.44. The van der Waals surface area contributed by atoms with Gasteiger partial charge < -0.3 is 5.11 Å². The van der Waals surface area contributed by atoms with E-state index in [1.54, 1.807) is 11.3 Å². The standard InChI is InChI=1S/C12H17NO2S/c1-9-4-6-16-11(9)8-13-5-2-3-10(7-13)12(14)15/h4,6,10H,2-3,5,7-8H2,1H3,(H,14,15). The second-order valence-corrected chi connectivity index (χ2v) is 5.44. The van der Waals surface area contributed by atoms with Gasteiger partial charge in [-0.1, -0.05) is 0 Å². The highest BCUT2D eigenvalue weighted by atomic mass is 32.1. The number of hydrogen-bond donors (Lipinski definition) is 1. The van der Waals surface area contributed by atoms with E-state index in [-0.39, 0.29) is 5.92 Å². The van der Waals surface area contributed by atoms with Crippen molar-refractivity contribution in [3.05, 3.63) is 21.9 Å². The summed E-state index contributed by atoms with van der Waals surface area (Å²) in [4.78, 5) is 14.6. The summed E-state index contributed by atoms with van der Waals surface area (Å²) in [6, 6.07) is 2.12. The summed E-state index contributed by atoms with van der Waals surface area (Å²) >= 11 is 1.76. The molecule has 1 aliphatic rings. The van der Waals surface area contributed by atoms with Gasteiger partial charge in [-0.2, -0.15) is 0 Å². The zero-order valence-electron chi connectivity index (χ0n) is 9.48. The van der Waals surface area contributed by atoms with Crippen LogP contribution in [0.4, 0.5) is 0 Å². The molecule has 0 spiro atoms. The quantitative estimate of drug-likeness (QED) is 0.880. The lowest BCUT2D eigenvalue weighted by Gasteiger charge is -2.30. The van der Waals surface area contributed by atoms with Crippen LogP contribution in [0.1, 0.15) is 23.3 Å². The van der Waals surface area contributed by atoms with Gasteiger partial charge in [0.1, 0.15) is 0 Å². The van der Waals surface area contributed by atoms with Crippen molar-refractivity contribution in [2.45, 2.75) is 26.3 Å². The maximum Gasteiger partial charge on any atom is 0.307 e. The molecule has 1 fully saturated rings. The molecular weight excluding hydrogens is 222 g/mol. The number of rotatable bonds is 3. The number of likely N-dealkylation sites (tertiary alicyclic amines) is 1. The molecule has 0 amide bonds. The lowest BCUT2D eigenvalue weighted by atomic mass is 9.98. The molecule has 1 atom stereocenters. The highest BCUT2D eigenvalue weighted by Crippen LogP contribution is 2.22. The molecule has 0 aliphatic carbocycles. The van der Waals surface area contributed by atoms with E-state index in [1.807, 2.05) is 0 Å². The molecule has 88 valence electrons. The molecule has 16 heavy (non-hydrogen) atoms. The van der Waals surface area contributed by atoms with Crippen LogP contribution in [0.2, 0.25) is 0 Å². The molecule has 0 radical (unpaired) electrons. The van der Waals surface area contributed by atoms with Crippen LogP contribution in [0.3, 0.4) is 0 Å². The van der Waals surface area contributed by atoms with Crippen molar-refractivity contribution >= 4 is 17.3 Å². The Morgan fingerprint density at radius 1 is 1.69 bits per heavy atom. The number of carboxylic acid groups (broad SMARTS) is 1. The summed E-state index contributed by atoms with van der Waals surface area (Å²) in [7, 11) is 0. The fraction of sp³-hybridized carbons (Fsp3) is 0.583. The summed E-state index contributed by atoms with van der Waals surface area (Å²) in [5.74, 6) is -0.818. The van der Waals surface area contributed by atoms with Crippen LogP contribution in [-0.4, -0.2) is 29.1 Å². The van der Waals surface area contributed by atoms with E-state index in [0.717, 1.165) is 25.9 Å². The number of aliphatic carboxylic acids is 1. The average molecular weight is 239 g/mol. The van der Waals surface area contributed by atoms with Gasteiger partial charge >= 0.3 is 5.97 Å². The summed E-state index contributed by atoms with van der Waals surface area (Å²) in [5, 5.41) is 11.1. The normalized spacial score (nSPS) is 22.2. The van der Waals surface area contributed by atoms with Gasteiger partial charge in [0.2, 0.25) is 0 Å². The Kier molecular flexibility index (Phi) is 3.61. The maximum atomic E-state index is 10.9. The number of piperidine rings is 1. The van der Waals surface area contributed by atoms with Crippen LogP contribution < -0.4 is 0 Å². The zero-order valence-corrected chi connectivity index (χ0v) is 10.3. The summed E-state index contributed by atoms with van der Waals surface area (Å²) in [5.41, 5.74) is 1.32. The molecule has 0 aromatic carbocycles. The van der Waals surface area contributed by atoms with Gasteiger partial charge in [-0.25, -0.2) is 0 Å². The largest absolute Gasteiger partial charge is 0.481 e. The molecule has 2 rings (SSSR count). The molecule has 0 saturated carbocycles. The lowest BCUT2D eigenvalue weighted by molar-refractivity contribution is -0.143. The Balaban J connectivity index is 1.95. The van der Waals surface area contributed by atoms with Gasteiger partial charge in [0.15, 0.2) is 0 Å². The summed E-state index contributed by atoms with van der Waals surface area (Å²) in [6.07, 6.45) is 1.83. The van der Waals surface area contributed by atoms with Crippen molar-refractivity contribution in [3.8, 4) is 0 Å². The number of nitrogens with zero attached hydrogens (tertiary/aromatic N) is 1. The van der Waals surface area contributed by atoms with Crippen LogP contribution in [-0.2, 0) is 11.3 Å². The van der Waals surface area contributed by atoms with Gasteiger partial charge in [-0.15, -0.1) is 11.3 Å². The first-order chi connectivity index (χ1) is 7.66. The van der Waals surface area contributed by atoms with Gasteiger partial charge in [-0.3, -0.25) is 9.69 Å². The number of hydrogen-bond acceptors (Lipinski definition) is 3. The Hall–Kier alpha value is -0.870. The second kappa shape index (κ2) is 4.97. The molecule has 1 aromatic rings. The number of carboxylic acids is 1. The summed E-state index contributed by atoms with van der Waals surface area (Å²) in [6.45, 7) is 4.76. The maximum absolute atomic E-state index is 10.9. The SMILES string of the molecule is Cc1ccsc1CN1CCCC(C(=O)O)C1. The van der Waals surface area contributed by atoms with Crippen LogP contribution in [0.15, 0.2) is 11.4 Å². The predicted octanol–water partition coefficient (Wildman–Crippen LogP) is 2.35. The van der Waals surface area contributed by atoms with Gasteiger partial charge in [-0.05, 0) is 43.3 Å². The first-order valence-corrected chi connectivity index (χ1v) is 6.53. The molecule has 3 nitrogen and oxygen atoms in total. The fourth-order valence-electron chi connectivity index (χ4n) is 2.17. The minimum absolute atomic E-state index is 0.172. The minimum Gasteiger partial charge on any atom is -0.481 e. The van der Waals surface area contributed by atoms with E-state index >= 15 is 0 Å². The molecule has 4 heteroatoms. The van der Waals surface area contributed by atoms with Crippen LogP contribution in [0.25, 0.3) is 0 Å². The van der Waals surface area contributed by atoms with E-state index in [4.69, 9.17) is 5.11 Å². The third-order valence-electron chi connectivity index (χ3n) is 3.19. The van der Waals surface area contributed by atoms with E-state index in [1.165, 1.54) is 10.4 Å². The predicted molar refractivity (Wildman–Crippen MR) is 64.7 cm³/mol. The van der Waals surface area contributed by atoms with E-state index < -0.39 is 5.97 Å². The van der Waals surface area contributed by atoms with Crippen LogP contribution in [0.5, 0.6) is 0 Å². The zero-order chi connectivity index (χ0) is 11.5. The van der Waals surface area contributed by atoms with Crippen LogP contribution >= 0.6 is 11.3 Å². The molecule has 1 N–H and O–H groups in total. The van der Waals surface area contributed by atoms with Crippen molar-refractivity contribution in [1.82, 2.24) is 4.90 Å². The molecule has 1 aliphatic heterocycles. The highest BCUT2D eigenvalue weighted by molar-refractivity contribution is 7.10. The van der Waals surface area contributed by atoms with Crippen molar-refractivity contribution in [3.63, 3.8) is 0 Å². The Morgan fingerprint density at radius 2 is 2.50 bits per heavy atom. The Labute approximate surface area is 99.7 Å². The van der Waals surface area contributed by atoms with Gasteiger partial charge in [0.05, 0.1) is 5.92 Å². The number of aryl methyl sites for hydroxylation is 1. The molecule has 2 heterocycles. The van der Waals surface area contributed by atoms with Crippen molar-refractivity contribution in [2.24, 2.45) is 5.92 Å². The summed E-state index contributed by atoms with van der Waals surface area (Å²) < 4.78 is 0. The fourth-order valence-corrected chi connectivity index (χ4v) is 3.12.